The minimum atomic E-state index is -0.250. The maximum atomic E-state index is 11.7. The Morgan fingerprint density at radius 3 is 2.35 bits per heavy atom. The van der Waals surface area contributed by atoms with E-state index in [1.54, 1.807) is 0 Å². The van der Waals surface area contributed by atoms with Crippen LogP contribution in [0.2, 0.25) is 0 Å². The molecule has 1 N–H and O–H groups in total. The zero-order valence-corrected chi connectivity index (χ0v) is 13.8. The normalized spacial score (nSPS) is 10.3. The lowest BCUT2D eigenvalue weighted by molar-refractivity contribution is -0.123. The quantitative estimate of drug-likeness (QED) is 0.577. The van der Waals surface area contributed by atoms with Crippen LogP contribution in [0.25, 0.3) is 0 Å². The van der Waals surface area contributed by atoms with Crippen molar-refractivity contribution in [2.75, 3.05) is 10.6 Å². The van der Waals surface area contributed by atoms with Gasteiger partial charge in [-0.05, 0) is 36.1 Å². The van der Waals surface area contributed by atoms with Crippen molar-refractivity contribution in [2.24, 2.45) is 0 Å². The Morgan fingerprint density at radius 1 is 1.10 bits per heavy atom. The van der Waals surface area contributed by atoms with Gasteiger partial charge in [0.1, 0.15) is 0 Å². The van der Waals surface area contributed by atoms with Gasteiger partial charge in [-0.2, -0.15) is 0 Å². The van der Waals surface area contributed by atoms with E-state index in [1.165, 1.54) is 11.1 Å². The molecule has 110 valence electrons. The molecule has 0 saturated carbocycles. The van der Waals surface area contributed by atoms with Crippen molar-refractivity contribution in [1.29, 1.82) is 0 Å². The SMILES string of the molecule is CCCc1ccc(NC(=O)CC(=O)CBr)cc1CCC. The zero-order valence-electron chi connectivity index (χ0n) is 12.2. The van der Waals surface area contributed by atoms with Gasteiger partial charge in [0, 0.05) is 5.69 Å². The summed E-state index contributed by atoms with van der Waals surface area (Å²) in [6.45, 7) is 4.31. The minimum absolute atomic E-state index is 0.0783. The number of alkyl halides is 1. The average molecular weight is 340 g/mol. The number of amides is 1. The number of anilines is 1. The van der Waals surface area contributed by atoms with Crippen LogP contribution >= 0.6 is 15.9 Å². The van der Waals surface area contributed by atoms with Crippen LogP contribution in [0.1, 0.15) is 44.2 Å². The average Bonchev–Trinajstić information content (AvgIpc) is 2.42. The number of rotatable bonds is 8. The maximum absolute atomic E-state index is 11.7. The lowest BCUT2D eigenvalue weighted by Gasteiger charge is -2.11. The van der Waals surface area contributed by atoms with E-state index in [4.69, 9.17) is 0 Å². The van der Waals surface area contributed by atoms with E-state index in [0.29, 0.717) is 0 Å². The van der Waals surface area contributed by atoms with Gasteiger partial charge >= 0.3 is 0 Å². The number of benzene rings is 1. The van der Waals surface area contributed by atoms with E-state index in [9.17, 15) is 9.59 Å². The molecule has 1 rings (SSSR count). The van der Waals surface area contributed by atoms with E-state index in [1.807, 2.05) is 12.1 Å². The fourth-order valence-corrected chi connectivity index (χ4v) is 2.35. The minimum Gasteiger partial charge on any atom is -0.326 e. The van der Waals surface area contributed by atoms with Crippen LogP contribution in [0.3, 0.4) is 0 Å². The first-order valence-electron chi connectivity index (χ1n) is 7.10. The predicted molar refractivity (Wildman–Crippen MR) is 86.5 cm³/mol. The number of nitrogens with one attached hydrogen (secondary N) is 1. The number of halogens is 1. The molecule has 1 aromatic rings. The molecule has 0 bridgehead atoms. The van der Waals surface area contributed by atoms with Crippen LogP contribution in [0, 0.1) is 0 Å². The Bertz CT molecular complexity index is 472. The Labute approximate surface area is 129 Å². The molecule has 0 unspecified atom stereocenters. The molecule has 3 nitrogen and oxygen atoms in total. The van der Waals surface area contributed by atoms with Gasteiger partial charge in [-0.3, -0.25) is 9.59 Å². The second-order valence-electron chi connectivity index (χ2n) is 4.88. The molecule has 0 heterocycles. The van der Waals surface area contributed by atoms with Gasteiger partial charge in [0.15, 0.2) is 5.78 Å². The fourth-order valence-electron chi connectivity index (χ4n) is 2.15. The third-order valence-corrected chi connectivity index (χ3v) is 3.66. The summed E-state index contributed by atoms with van der Waals surface area (Å²) in [7, 11) is 0. The van der Waals surface area contributed by atoms with Crippen LogP contribution in [-0.4, -0.2) is 17.0 Å². The molecule has 4 heteroatoms. The molecule has 0 fully saturated rings. The van der Waals surface area contributed by atoms with Gasteiger partial charge < -0.3 is 5.32 Å². The van der Waals surface area contributed by atoms with Crippen LogP contribution in [-0.2, 0) is 22.4 Å². The van der Waals surface area contributed by atoms with Crippen molar-refractivity contribution >= 4 is 33.3 Å². The standard InChI is InChI=1S/C16H22BrNO2/c1-3-5-12-7-8-14(9-13(12)6-4-2)18-16(20)10-15(19)11-17/h7-9H,3-6,10-11H2,1-2H3,(H,18,20). The Morgan fingerprint density at radius 2 is 1.75 bits per heavy atom. The Kier molecular flexibility index (Phi) is 7.52. The summed E-state index contributed by atoms with van der Waals surface area (Å²) in [6.07, 6.45) is 4.19. The molecule has 0 saturated heterocycles. The summed E-state index contributed by atoms with van der Waals surface area (Å²) in [6, 6.07) is 6.03. The van der Waals surface area contributed by atoms with E-state index >= 15 is 0 Å². The van der Waals surface area contributed by atoms with Crippen molar-refractivity contribution < 1.29 is 9.59 Å². The van der Waals surface area contributed by atoms with E-state index in [2.05, 4.69) is 41.2 Å². The lowest BCUT2D eigenvalue weighted by Crippen LogP contribution is -2.17. The lowest BCUT2D eigenvalue weighted by atomic mass is 9.99. The van der Waals surface area contributed by atoms with Gasteiger partial charge in [0.05, 0.1) is 11.8 Å². The van der Waals surface area contributed by atoms with Gasteiger partial charge in [-0.1, -0.05) is 48.7 Å². The molecule has 0 aliphatic carbocycles. The van der Waals surface area contributed by atoms with Crippen LogP contribution in [0.4, 0.5) is 5.69 Å². The van der Waals surface area contributed by atoms with Crippen molar-refractivity contribution in [1.82, 2.24) is 0 Å². The number of aryl methyl sites for hydroxylation is 2. The zero-order chi connectivity index (χ0) is 15.0. The molecule has 0 atom stereocenters. The van der Waals surface area contributed by atoms with Gasteiger partial charge in [-0.25, -0.2) is 0 Å². The molecule has 0 spiro atoms. The molecular weight excluding hydrogens is 318 g/mol. The summed E-state index contributed by atoms with van der Waals surface area (Å²) < 4.78 is 0. The number of carbonyl (C=O) groups is 2. The molecule has 0 aliphatic rings. The van der Waals surface area contributed by atoms with Crippen LogP contribution in [0.5, 0.6) is 0 Å². The second kappa shape index (κ2) is 8.90. The molecule has 1 amide bonds. The first kappa shape index (κ1) is 16.9. The molecular formula is C16H22BrNO2. The van der Waals surface area contributed by atoms with Crippen molar-refractivity contribution in [3.8, 4) is 0 Å². The highest BCUT2D eigenvalue weighted by atomic mass is 79.9. The third kappa shape index (κ3) is 5.45. The van der Waals surface area contributed by atoms with Crippen LogP contribution < -0.4 is 5.32 Å². The van der Waals surface area contributed by atoms with Crippen molar-refractivity contribution in [3.05, 3.63) is 29.3 Å². The molecule has 0 radical (unpaired) electrons. The summed E-state index contributed by atoms with van der Waals surface area (Å²) in [5, 5.41) is 3.01. The monoisotopic (exact) mass is 339 g/mol. The van der Waals surface area contributed by atoms with Gasteiger partial charge in [0.25, 0.3) is 0 Å². The Balaban J connectivity index is 2.78. The maximum Gasteiger partial charge on any atom is 0.231 e. The van der Waals surface area contributed by atoms with E-state index < -0.39 is 0 Å². The summed E-state index contributed by atoms with van der Waals surface area (Å²) in [4.78, 5) is 22.9. The van der Waals surface area contributed by atoms with Crippen LogP contribution in [0.15, 0.2) is 18.2 Å². The smallest absolute Gasteiger partial charge is 0.231 e. The number of ketones is 1. The number of hydrogen-bond donors (Lipinski definition) is 1. The highest BCUT2D eigenvalue weighted by Crippen LogP contribution is 2.19. The summed E-state index contributed by atoms with van der Waals surface area (Å²) in [5.74, 6) is -0.362. The number of hydrogen-bond acceptors (Lipinski definition) is 2. The predicted octanol–water partition coefficient (Wildman–Crippen LogP) is 3.88. The first-order valence-corrected chi connectivity index (χ1v) is 8.22. The Hall–Kier alpha value is -1.16. The highest BCUT2D eigenvalue weighted by molar-refractivity contribution is 9.09. The number of Topliss-reactive ketones (excluding diaryl/α,β-unsaturated/α-hetero) is 1. The molecule has 20 heavy (non-hydrogen) atoms. The second-order valence-corrected chi connectivity index (χ2v) is 5.44. The van der Waals surface area contributed by atoms with E-state index in [0.717, 1.165) is 31.4 Å². The van der Waals surface area contributed by atoms with Crippen molar-refractivity contribution in [2.45, 2.75) is 46.0 Å². The highest BCUT2D eigenvalue weighted by Gasteiger charge is 2.09. The fraction of sp³-hybridized carbons (Fsp3) is 0.500. The van der Waals surface area contributed by atoms with E-state index in [-0.39, 0.29) is 23.4 Å². The molecule has 1 aromatic carbocycles. The molecule has 0 aliphatic heterocycles. The van der Waals surface area contributed by atoms with Crippen molar-refractivity contribution in [3.63, 3.8) is 0 Å². The van der Waals surface area contributed by atoms with Gasteiger partial charge in [0.2, 0.25) is 5.91 Å². The summed E-state index contributed by atoms with van der Waals surface area (Å²) >= 11 is 3.06. The molecule has 0 aromatic heterocycles. The number of carbonyl (C=O) groups excluding carboxylic acids is 2. The summed E-state index contributed by atoms with van der Waals surface area (Å²) in [5.41, 5.74) is 3.42. The topological polar surface area (TPSA) is 46.2 Å². The third-order valence-electron chi connectivity index (χ3n) is 3.04. The first-order chi connectivity index (χ1) is 9.60. The largest absolute Gasteiger partial charge is 0.326 e. The van der Waals surface area contributed by atoms with Gasteiger partial charge in [-0.15, -0.1) is 0 Å².